The fourth-order valence-corrected chi connectivity index (χ4v) is 1.26. The molecule has 18 heavy (non-hydrogen) atoms. The van der Waals surface area contributed by atoms with Crippen LogP contribution in [-0.4, -0.2) is 17.3 Å². The number of carbonyl (C=O) groups excluding carboxylic acids is 1. The Morgan fingerprint density at radius 1 is 1.06 bits per heavy atom. The molecule has 0 fully saturated rings. The Kier molecular flexibility index (Phi) is 3.95. The normalized spacial score (nSPS) is 14.4. The zero-order valence-electron chi connectivity index (χ0n) is 8.44. The molecule has 0 aliphatic carbocycles. The summed E-state index contributed by atoms with van der Waals surface area (Å²) in [5.74, 6) is -5.50. The third kappa shape index (κ3) is 2.77. The van der Waals surface area contributed by atoms with Crippen molar-refractivity contribution in [3.63, 3.8) is 0 Å². The van der Waals surface area contributed by atoms with Gasteiger partial charge in [0, 0.05) is 5.56 Å². The molecular weight excluding hydrogens is 286 g/mol. The van der Waals surface area contributed by atoms with Crippen LogP contribution < -0.4 is 0 Å². The van der Waals surface area contributed by atoms with Crippen LogP contribution in [0.4, 0.5) is 26.3 Å². The van der Waals surface area contributed by atoms with Crippen LogP contribution >= 0.6 is 11.6 Å². The van der Waals surface area contributed by atoms with Gasteiger partial charge in [0.2, 0.25) is 0 Å². The highest BCUT2D eigenvalue weighted by molar-refractivity contribution is 6.67. The van der Waals surface area contributed by atoms with Gasteiger partial charge in [-0.25, -0.2) is 4.39 Å². The average Bonchev–Trinajstić information content (AvgIpc) is 2.26. The minimum absolute atomic E-state index is 0.136. The van der Waals surface area contributed by atoms with E-state index in [-0.39, 0.29) is 5.56 Å². The zero-order chi connectivity index (χ0) is 14.1. The van der Waals surface area contributed by atoms with Gasteiger partial charge < -0.3 is 0 Å². The third-order valence-electron chi connectivity index (χ3n) is 2.13. The first-order valence-corrected chi connectivity index (χ1v) is 4.83. The Morgan fingerprint density at radius 2 is 1.50 bits per heavy atom. The number of rotatable bonds is 3. The van der Waals surface area contributed by atoms with Crippen molar-refractivity contribution in [1.29, 1.82) is 0 Å². The number of halogens is 7. The Bertz CT molecular complexity index is 439. The minimum atomic E-state index is -5.99. The minimum Gasteiger partial charge on any atom is -0.276 e. The highest BCUT2D eigenvalue weighted by atomic mass is 35.5. The van der Waals surface area contributed by atoms with E-state index in [2.05, 4.69) is 0 Å². The van der Waals surface area contributed by atoms with E-state index in [0.717, 1.165) is 12.1 Å². The van der Waals surface area contributed by atoms with Crippen LogP contribution in [0.3, 0.4) is 0 Å². The molecule has 1 aromatic rings. The Morgan fingerprint density at radius 3 is 1.83 bits per heavy atom. The second-order valence-corrected chi connectivity index (χ2v) is 3.72. The molecule has 0 N–H and O–H groups in total. The van der Waals surface area contributed by atoms with E-state index in [9.17, 15) is 31.1 Å². The van der Waals surface area contributed by atoms with Gasteiger partial charge in [0.1, 0.15) is 0 Å². The molecule has 0 saturated carbocycles. The molecule has 1 unspecified atom stereocenters. The molecule has 1 rings (SSSR count). The van der Waals surface area contributed by atoms with Crippen LogP contribution in [0.1, 0.15) is 22.1 Å². The van der Waals surface area contributed by atoms with Gasteiger partial charge in [0.25, 0.3) is 5.24 Å². The molecule has 1 aromatic carbocycles. The van der Waals surface area contributed by atoms with Crippen LogP contribution in [-0.2, 0) is 0 Å². The highest BCUT2D eigenvalue weighted by Crippen LogP contribution is 2.46. The molecule has 0 aliphatic heterocycles. The van der Waals surface area contributed by atoms with Crippen LogP contribution in [0, 0.1) is 0 Å². The maximum atomic E-state index is 13.2. The molecule has 8 heteroatoms. The molecule has 0 bridgehead atoms. The SMILES string of the molecule is O=C(Cl)c1ccc(C(F)C(F)(F)C(F)(F)F)cc1. The largest absolute Gasteiger partial charge is 0.456 e. The van der Waals surface area contributed by atoms with E-state index < -0.39 is 29.1 Å². The predicted molar refractivity (Wildman–Crippen MR) is 51.5 cm³/mol. The first-order chi connectivity index (χ1) is 8.07. The number of alkyl halides is 6. The third-order valence-corrected chi connectivity index (χ3v) is 2.34. The molecule has 0 radical (unpaired) electrons. The van der Waals surface area contributed by atoms with E-state index in [4.69, 9.17) is 11.6 Å². The van der Waals surface area contributed by atoms with Crippen LogP contribution in [0.5, 0.6) is 0 Å². The van der Waals surface area contributed by atoms with Crippen molar-refractivity contribution in [2.24, 2.45) is 0 Å². The monoisotopic (exact) mass is 290 g/mol. The molecule has 1 nitrogen and oxygen atoms in total. The fourth-order valence-electron chi connectivity index (χ4n) is 1.14. The number of hydrogen-bond donors (Lipinski definition) is 0. The van der Waals surface area contributed by atoms with E-state index in [1.807, 2.05) is 0 Å². The maximum Gasteiger partial charge on any atom is 0.456 e. The van der Waals surface area contributed by atoms with E-state index in [1.165, 1.54) is 0 Å². The van der Waals surface area contributed by atoms with E-state index >= 15 is 0 Å². The van der Waals surface area contributed by atoms with Gasteiger partial charge in [-0.3, -0.25) is 4.79 Å². The molecular formula is C10H5ClF6O. The lowest BCUT2D eigenvalue weighted by molar-refractivity contribution is -0.305. The first kappa shape index (κ1) is 14.8. The molecule has 0 aliphatic rings. The van der Waals surface area contributed by atoms with Gasteiger partial charge in [-0.15, -0.1) is 0 Å². The summed E-state index contributed by atoms with van der Waals surface area (Å²) in [5.41, 5.74) is -1.03. The summed E-state index contributed by atoms with van der Waals surface area (Å²) in [4.78, 5) is 10.6. The lowest BCUT2D eigenvalue weighted by Gasteiger charge is -2.23. The number of carbonyl (C=O) groups is 1. The summed E-state index contributed by atoms with van der Waals surface area (Å²) in [6.45, 7) is 0. The molecule has 0 amide bonds. The van der Waals surface area contributed by atoms with Crippen LogP contribution in [0.25, 0.3) is 0 Å². The second-order valence-electron chi connectivity index (χ2n) is 3.38. The fraction of sp³-hybridized carbons (Fsp3) is 0.300. The highest BCUT2D eigenvalue weighted by Gasteiger charge is 2.63. The summed E-state index contributed by atoms with van der Waals surface area (Å²) in [5, 5.41) is -0.931. The Hall–Kier alpha value is -1.24. The summed E-state index contributed by atoms with van der Waals surface area (Å²) in [6.07, 6.45) is -9.54. The summed E-state index contributed by atoms with van der Waals surface area (Å²) >= 11 is 5.04. The quantitative estimate of drug-likeness (QED) is 0.600. The van der Waals surface area contributed by atoms with Crippen molar-refractivity contribution in [2.45, 2.75) is 18.3 Å². The standard InChI is InChI=1S/C10H5ClF6O/c11-8(18)6-3-1-5(2-4-6)7(12)9(13,14)10(15,16)17/h1-4,7H. The van der Waals surface area contributed by atoms with Gasteiger partial charge in [0.15, 0.2) is 6.17 Å². The number of benzene rings is 1. The molecule has 0 saturated heterocycles. The lowest BCUT2D eigenvalue weighted by atomic mass is 10.0. The topological polar surface area (TPSA) is 17.1 Å². The van der Waals surface area contributed by atoms with Crippen LogP contribution in [0.15, 0.2) is 24.3 Å². The first-order valence-electron chi connectivity index (χ1n) is 4.45. The van der Waals surface area contributed by atoms with Crippen molar-refractivity contribution in [3.05, 3.63) is 35.4 Å². The summed E-state index contributed by atoms with van der Waals surface area (Å²) in [6, 6.07) is 3.03. The van der Waals surface area contributed by atoms with E-state index in [0.29, 0.717) is 12.1 Å². The maximum absolute atomic E-state index is 13.2. The molecule has 1 atom stereocenters. The van der Waals surface area contributed by atoms with Crippen molar-refractivity contribution in [2.75, 3.05) is 0 Å². The van der Waals surface area contributed by atoms with Crippen molar-refractivity contribution < 1.29 is 31.1 Å². The molecule has 100 valence electrons. The number of hydrogen-bond acceptors (Lipinski definition) is 1. The molecule has 0 spiro atoms. The van der Waals surface area contributed by atoms with Crippen molar-refractivity contribution >= 4 is 16.8 Å². The molecule has 0 aromatic heterocycles. The average molecular weight is 291 g/mol. The van der Waals surface area contributed by atoms with Gasteiger partial charge in [0.05, 0.1) is 0 Å². The van der Waals surface area contributed by atoms with Gasteiger partial charge in [-0.05, 0) is 29.3 Å². The van der Waals surface area contributed by atoms with Crippen molar-refractivity contribution in [1.82, 2.24) is 0 Å². The van der Waals surface area contributed by atoms with Gasteiger partial charge in [-0.2, -0.15) is 22.0 Å². The summed E-state index contributed by atoms with van der Waals surface area (Å²) in [7, 11) is 0. The predicted octanol–water partition coefficient (Wildman–Crippen LogP) is 4.27. The smallest absolute Gasteiger partial charge is 0.276 e. The summed E-state index contributed by atoms with van der Waals surface area (Å²) < 4.78 is 74.2. The van der Waals surface area contributed by atoms with Gasteiger partial charge >= 0.3 is 12.1 Å². The zero-order valence-corrected chi connectivity index (χ0v) is 9.20. The van der Waals surface area contributed by atoms with Gasteiger partial charge in [-0.1, -0.05) is 12.1 Å². The molecule has 0 heterocycles. The Balaban J connectivity index is 3.04. The van der Waals surface area contributed by atoms with E-state index in [1.54, 1.807) is 0 Å². The second kappa shape index (κ2) is 4.79. The lowest BCUT2D eigenvalue weighted by Crippen LogP contribution is -2.40. The van der Waals surface area contributed by atoms with Crippen LogP contribution in [0.2, 0.25) is 0 Å². The Labute approximate surface area is 102 Å². The van der Waals surface area contributed by atoms with Crippen molar-refractivity contribution in [3.8, 4) is 0 Å².